The number of fused-ring (bicyclic) bond motifs is 1. The summed E-state index contributed by atoms with van der Waals surface area (Å²) < 4.78 is 50.9. The highest BCUT2D eigenvalue weighted by Crippen LogP contribution is 2.44. The molecule has 0 unspecified atom stereocenters. The third kappa shape index (κ3) is 6.65. The average molecular weight is 504 g/mol. The van der Waals surface area contributed by atoms with Gasteiger partial charge in [0.2, 0.25) is 11.8 Å². The number of halogens is 3. The molecular formula is C26H28F3N3O4. The Kier molecular flexibility index (Phi) is 8.73. The number of carbonyl (C=O) groups excluding carboxylic acids is 2. The first-order chi connectivity index (χ1) is 17.1. The number of aryl methyl sites for hydroxylation is 1. The van der Waals surface area contributed by atoms with Crippen LogP contribution < -0.4 is 20.1 Å². The van der Waals surface area contributed by atoms with E-state index in [2.05, 4.69) is 15.6 Å². The molecule has 0 aliphatic rings. The second kappa shape index (κ2) is 11.7. The lowest BCUT2D eigenvalue weighted by Crippen LogP contribution is -2.24. The summed E-state index contributed by atoms with van der Waals surface area (Å²) in [4.78, 5) is 28.7. The Morgan fingerprint density at radius 3 is 2.53 bits per heavy atom. The molecule has 0 aliphatic heterocycles. The van der Waals surface area contributed by atoms with Crippen molar-refractivity contribution in [1.82, 2.24) is 10.3 Å². The third-order valence-corrected chi connectivity index (χ3v) is 5.40. The van der Waals surface area contributed by atoms with Crippen LogP contribution in [-0.4, -0.2) is 30.5 Å². The number of hydrogen-bond donors (Lipinski definition) is 2. The van der Waals surface area contributed by atoms with Gasteiger partial charge < -0.3 is 20.1 Å². The fourth-order valence-electron chi connectivity index (χ4n) is 3.61. The normalized spacial score (nSPS) is 11.3. The van der Waals surface area contributed by atoms with Crippen molar-refractivity contribution < 1.29 is 32.2 Å². The summed E-state index contributed by atoms with van der Waals surface area (Å²) in [6, 6.07) is 7.78. The molecule has 0 radical (unpaired) electrons. The summed E-state index contributed by atoms with van der Waals surface area (Å²) >= 11 is 0. The molecule has 1 aromatic heterocycles. The Labute approximate surface area is 207 Å². The molecule has 1 heterocycles. The van der Waals surface area contributed by atoms with Crippen molar-refractivity contribution in [3.63, 3.8) is 0 Å². The highest BCUT2D eigenvalue weighted by Gasteiger charge is 2.31. The van der Waals surface area contributed by atoms with Crippen LogP contribution in [0.1, 0.15) is 43.7 Å². The largest absolute Gasteiger partial charge is 0.493 e. The van der Waals surface area contributed by atoms with Gasteiger partial charge in [-0.15, -0.1) is 0 Å². The number of nitrogens with zero attached hydrogens (tertiary/aromatic N) is 1. The highest BCUT2D eigenvalue weighted by molar-refractivity contribution is 6.05. The molecule has 192 valence electrons. The van der Waals surface area contributed by atoms with E-state index in [9.17, 15) is 22.8 Å². The van der Waals surface area contributed by atoms with Crippen LogP contribution >= 0.6 is 0 Å². The fraction of sp³-hybridized carbons (Fsp3) is 0.346. The highest BCUT2D eigenvalue weighted by atomic mass is 19.4. The first-order valence-electron chi connectivity index (χ1n) is 11.5. The zero-order chi connectivity index (χ0) is 26.3. The lowest BCUT2D eigenvalue weighted by atomic mass is 10.1. The number of methoxy groups -OCH3 is 1. The molecule has 2 aromatic carbocycles. The fourth-order valence-corrected chi connectivity index (χ4v) is 3.61. The lowest BCUT2D eigenvalue weighted by molar-refractivity contribution is -0.137. The van der Waals surface area contributed by atoms with Crippen molar-refractivity contribution in [2.45, 2.75) is 45.7 Å². The number of benzene rings is 2. The molecular weight excluding hydrogens is 475 g/mol. The number of amides is 2. The van der Waals surface area contributed by atoms with Gasteiger partial charge in [0.1, 0.15) is 5.75 Å². The molecule has 2 amide bonds. The lowest BCUT2D eigenvalue weighted by Gasteiger charge is -2.18. The van der Waals surface area contributed by atoms with E-state index in [0.29, 0.717) is 29.6 Å². The Morgan fingerprint density at radius 1 is 1.08 bits per heavy atom. The van der Waals surface area contributed by atoms with Gasteiger partial charge in [-0.1, -0.05) is 13.0 Å². The number of ether oxygens (including phenoxy) is 2. The van der Waals surface area contributed by atoms with Gasteiger partial charge in [-0.25, -0.2) is 0 Å². The minimum atomic E-state index is -4.52. The number of alkyl halides is 3. The Morgan fingerprint density at radius 2 is 1.83 bits per heavy atom. The number of anilines is 1. The van der Waals surface area contributed by atoms with Crippen LogP contribution in [0.25, 0.3) is 10.9 Å². The molecule has 36 heavy (non-hydrogen) atoms. The van der Waals surface area contributed by atoms with Gasteiger partial charge in [0.15, 0.2) is 11.5 Å². The van der Waals surface area contributed by atoms with Crippen molar-refractivity contribution in [3.8, 4) is 17.2 Å². The van der Waals surface area contributed by atoms with E-state index in [1.807, 2.05) is 6.92 Å². The summed E-state index contributed by atoms with van der Waals surface area (Å²) in [5.74, 6) is -0.0410. The molecule has 0 aliphatic carbocycles. The maximum absolute atomic E-state index is 13.2. The van der Waals surface area contributed by atoms with Gasteiger partial charge in [-0.05, 0) is 49.6 Å². The van der Waals surface area contributed by atoms with Crippen molar-refractivity contribution in [1.29, 1.82) is 0 Å². The molecule has 0 bridgehead atoms. The smallest absolute Gasteiger partial charge is 0.416 e. The van der Waals surface area contributed by atoms with E-state index >= 15 is 0 Å². The number of aromatic nitrogens is 1. The number of hydrogen-bond acceptors (Lipinski definition) is 5. The maximum Gasteiger partial charge on any atom is 0.416 e. The maximum atomic E-state index is 13.2. The van der Waals surface area contributed by atoms with Gasteiger partial charge in [0, 0.05) is 31.6 Å². The van der Waals surface area contributed by atoms with E-state index in [1.54, 1.807) is 19.2 Å². The summed E-state index contributed by atoms with van der Waals surface area (Å²) in [6.07, 6.45) is -1.39. The predicted molar refractivity (Wildman–Crippen MR) is 130 cm³/mol. The molecule has 0 saturated heterocycles. The quantitative estimate of drug-likeness (QED) is 0.354. The number of pyridine rings is 1. The van der Waals surface area contributed by atoms with Crippen LogP contribution in [0.4, 0.5) is 18.9 Å². The Bertz CT molecular complexity index is 1250. The molecule has 0 spiro atoms. The van der Waals surface area contributed by atoms with E-state index in [-0.39, 0.29) is 41.9 Å². The van der Waals surface area contributed by atoms with Gasteiger partial charge in [-0.2, -0.15) is 13.2 Å². The second-order valence-electron chi connectivity index (χ2n) is 8.19. The minimum Gasteiger partial charge on any atom is -0.493 e. The molecule has 7 nitrogen and oxygen atoms in total. The van der Waals surface area contributed by atoms with Gasteiger partial charge in [0.25, 0.3) is 0 Å². The monoisotopic (exact) mass is 503 g/mol. The van der Waals surface area contributed by atoms with Crippen LogP contribution in [-0.2, 0) is 15.8 Å². The van der Waals surface area contributed by atoms with Crippen LogP contribution in [0.3, 0.4) is 0 Å². The van der Waals surface area contributed by atoms with E-state index in [1.165, 1.54) is 25.3 Å². The predicted octanol–water partition coefficient (Wildman–Crippen LogP) is 6.00. The first kappa shape index (κ1) is 26.8. The van der Waals surface area contributed by atoms with Crippen LogP contribution in [0, 0.1) is 6.92 Å². The minimum absolute atomic E-state index is 0.0224. The standard InChI is InChI=1S/C26H28F3N3O4/c1-4-12-30-21(33)9-6-10-22(34)32-19-15-20(35-3)25(23-16(2)11-13-31-24(19)23)36-18-8-5-7-17(14-18)26(27,28)29/h5,7-8,11,13-15H,4,6,9-10,12H2,1-3H3,(H,30,33)(H,32,34). The SMILES string of the molecule is CCCNC(=O)CCCC(=O)Nc1cc(OC)c(Oc2cccc(C(F)(F)F)c2)c2c(C)ccnc12. The van der Waals surface area contributed by atoms with Gasteiger partial charge in [-0.3, -0.25) is 14.6 Å². The molecule has 10 heteroatoms. The molecule has 0 atom stereocenters. The summed E-state index contributed by atoms with van der Waals surface area (Å²) in [6.45, 7) is 4.34. The molecule has 3 rings (SSSR count). The number of nitrogens with one attached hydrogen (secondary N) is 2. The van der Waals surface area contributed by atoms with E-state index in [0.717, 1.165) is 24.1 Å². The Hall–Kier alpha value is -3.82. The third-order valence-electron chi connectivity index (χ3n) is 5.40. The molecule has 2 N–H and O–H groups in total. The van der Waals surface area contributed by atoms with Crippen LogP contribution in [0.2, 0.25) is 0 Å². The first-order valence-corrected chi connectivity index (χ1v) is 11.5. The van der Waals surface area contributed by atoms with Gasteiger partial charge in [0.05, 0.1) is 29.3 Å². The number of rotatable bonds is 10. The second-order valence-corrected chi connectivity index (χ2v) is 8.19. The topological polar surface area (TPSA) is 89.6 Å². The zero-order valence-electron chi connectivity index (χ0n) is 20.3. The average Bonchev–Trinajstić information content (AvgIpc) is 2.83. The van der Waals surface area contributed by atoms with Crippen molar-refractivity contribution >= 4 is 28.4 Å². The molecule has 3 aromatic rings. The van der Waals surface area contributed by atoms with E-state index < -0.39 is 11.7 Å². The van der Waals surface area contributed by atoms with E-state index in [4.69, 9.17) is 9.47 Å². The summed E-state index contributed by atoms with van der Waals surface area (Å²) in [5, 5.41) is 6.06. The summed E-state index contributed by atoms with van der Waals surface area (Å²) in [7, 11) is 1.40. The Balaban J connectivity index is 1.89. The summed E-state index contributed by atoms with van der Waals surface area (Å²) in [5.41, 5.74) is 0.642. The van der Waals surface area contributed by atoms with Gasteiger partial charge >= 0.3 is 6.18 Å². The van der Waals surface area contributed by atoms with Crippen molar-refractivity contribution in [2.24, 2.45) is 0 Å². The van der Waals surface area contributed by atoms with Crippen molar-refractivity contribution in [2.75, 3.05) is 19.0 Å². The molecule has 0 saturated carbocycles. The zero-order valence-corrected chi connectivity index (χ0v) is 20.3. The number of carbonyl (C=O) groups is 2. The van der Waals surface area contributed by atoms with Crippen LogP contribution in [0.5, 0.6) is 17.2 Å². The van der Waals surface area contributed by atoms with Crippen LogP contribution in [0.15, 0.2) is 42.6 Å². The molecule has 0 fully saturated rings. The van der Waals surface area contributed by atoms with Crippen molar-refractivity contribution in [3.05, 3.63) is 53.7 Å².